The Bertz CT molecular complexity index is 584. The minimum absolute atomic E-state index is 0.0618. The van der Waals surface area contributed by atoms with Gasteiger partial charge in [0.2, 0.25) is 10.0 Å². The lowest BCUT2D eigenvalue weighted by Gasteiger charge is -2.08. The van der Waals surface area contributed by atoms with Gasteiger partial charge in [0, 0.05) is 6.20 Å². The van der Waals surface area contributed by atoms with Crippen molar-refractivity contribution in [1.29, 1.82) is 0 Å². The maximum absolute atomic E-state index is 11.7. The van der Waals surface area contributed by atoms with E-state index >= 15 is 0 Å². The third-order valence-electron chi connectivity index (χ3n) is 2.47. The van der Waals surface area contributed by atoms with Gasteiger partial charge in [0.25, 0.3) is 0 Å². The van der Waals surface area contributed by atoms with Crippen LogP contribution < -0.4 is 4.72 Å². The number of pyridine rings is 1. The Kier molecular flexibility index (Phi) is 3.45. The molecule has 6 nitrogen and oxygen atoms in total. The number of halogens is 1. The molecular formula is C10H11ClN2O4S. The smallest absolute Gasteiger partial charge is 0.339 e. The molecule has 0 unspecified atom stereocenters. The number of carbonyl (C=O) groups is 1. The summed E-state index contributed by atoms with van der Waals surface area (Å²) in [6.07, 6.45) is 2.50. The van der Waals surface area contributed by atoms with Gasteiger partial charge in [0.1, 0.15) is 5.82 Å². The molecule has 98 valence electrons. The van der Waals surface area contributed by atoms with Crippen molar-refractivity contribution < 1.29 is 17.9 Å². The van der Waals surface area contributed by atoms with Gasteiger partial charge in [-0.05, 0) is 18.9 Å². The van der Waals surface area contributed by atoms with Crippen molar-refractivity contribution in [3.05, 3.63) is 22.8 Å². The number of ether oxygens (including phenoxy) is 1. The lowest BCUT2D eigenvalue weighted by molar-refractivity contribution is 0.0601. The van der Waals surface area contributed by atoms with Crippen molar-refractivity contribution >= 4 is 33.4 Å². The molecule has 1 aliphatic carbocycles. The average molecular weight is 291 g/mol. The Morgan fingerprint density at radius 3 is 2.78 bits per heavy atom. The van der Waals surface area contributed by atoms with E-state index in [0.717, 1.165) is 0 Å². The number of sulfonamides is 1. The van der Waals surface area contributed by atoms with E-state index in [1.165, 1.54) is 19.4 Å². The van der Waals surface area contributed by atoms with Gasteiger partial charge < -0.3 is 4.74 Å². The third kappa shape index (κ3) is 2.73. The van der Waals surface area contributed by atoms with Crippen molar-refractivity contribution in [2.45, 2.75) is 18.1 Å². The first-order valence-corrected chi connectivity index (χ1v) is 7.12. The molecule has 1 aromatic heterocycles. The maximum Gasteiger partial charge on any atom is 0.339 e. The van der Waals surface area contributed by atoms with Crippen LogP contribution in [0.15, 0.2) is 12.3 Å². The highest BCUT2D eigenvalue weighted by Gasteiger charge is 2.36. The molecule has 0 spiro atoms. The molecule has 1 aromatic rings. The molecule has 1 saturated carbocycles. The number of anilines is 1. The van der Waals surface area contributed by atoms with Gasteiger partial charge in [0.05, 0.1) is 22.9 Å². The van der Waals surface area contributed by atoms with Crippen LogP contribution in [0.2, 0.25) is 5.02 Å². The monoisotopic (exact) mass is 290 g/mol. The van der Waals surface area contributed by atoms with E-state index in [-0.39, 0.29) is 21.7 Å². The summed E-state index contributed by atoms with van der Waals surface area (Å²) >= 11 is 5.78. The summed E-state index contributed by atoms with van der Waals surface area (Å²) in [5.41, 5.74) is 0.0719. The van der Waals surface area contributed by atoms with E-state index in [1.807, 2.05) is 0 Å². The Balaban J connectivity index is 2.27. The SMILES string of the molecule is COC(=O)c1cc(NS(=O)(=O)C2CC2)ncc1Cl. The van der Waals surface area contributed by atoms with Crippen LogP contribution in [-0.2, 0) is 14.8 Å². The summed E-state index contributed by atoms with van der Waals surface area (Å²) in [4.78, 5) is 15.2. The molecule has 0 aliphatic heterocycles. The highest BCUT2D eigenvalue weighted by atomic mass is 35.5. The summed E-state index contributed by atoms with van der Waals surface area (Å²) in [5, 5.41) is -0.257. The first kappa shape index (κ1) is 13.1. The first-order valence-electron chi connectivity index (χ1n) is 5.19. The molecule has 18 heavy (non-hydrogen) atoms. The fourth-order valence-electron chi connectivity index (χ4n) is 1.37. The predicted octanol–water partition coefficient (Wildman–Crippen LogP) is 1.43. The predicted molar refractivity (Wildman–Crippen MR) is 66.2 cm³/mol. The molecule has 0 bridgehead atoms. The van der Waals surface area contributed by atoms with E-state index in [9.17, 15) is 13.2 Å². The zero-order valence-corrected chi connectivity index (χ0v) is 11.1. The molecule has 1 heterocycles. The van der Waals surface area contributed by atoms with Gasteiger partial charge >= 0.3 is 5.97 Å². The Morgan fingerprint density at radius 1 is 1.56 bits per heavy atom. The molecule has 0 saturated heterocycles. The van der Waals surface area contributed by atoms with E-state index in [0.29, 0.717) is 12.8 Å². The topological polar surface area (TPSA) is 85.4 Å². The van der Waals surface area contributed by atoms with Crippen molar-refractivity contribution in [2.24, 2.45) is 0 Å². The van der Waals surface area contributed by atoms with Gasteiger partial charge in [0.15, 0.2) is 0 Å². The van der Waals surface area contributed by atoms with Gasteiger partial charge in [-0.15, -0.1) is 0 Å². The number of hydrogen-bond acceptors (Lipinski definition) is 5. The van der Waals surface area contributed by atoms with Crippen LogP contribution in [0.5, 0.6) is 0 Å². The highest BCUT2D eigenvalue weighted by molar-refractivity contribution is 7.93. The van der Waals surface area contributed by atoms with Crippen molar-refractivity contribution in [1.82, 2.24) is 4.98 Å². The molecule has 1 N–H and O–H groups in total. The van der Waals surface area contributed by atoms with Crippen LogP contribution in [0.4, 0.5) is 5.82 Å². The largest absolute Gasteiger partial charge is 0.465 e. The molecule has 0 aromatic carbocycles. The number of aromatic nitrogens is 1. The molecule has 1 aliphatic rings. The number of hydrogen-bond donors (Lipinski definition) is 1. The first-order chi connectivity index (χ1) is 8.44. The summed E-state index contributed by atoms with van der Waals surface area (Å²) in [7, 11) is -2.19. The second-order valence-corrected chi connectivity index (χ2v) is 6.26. The maximum atomic E-state index is 11.7. The van der Waals surface area contributed by atoms with Gasteiger partial charge in [-0.1, -0.05) is 11.6 Å². The summed E-state index contributed by atoms with van der Waals surface area (Å²) in [6.45, 7) is 0. The molecule has 0 atom stereocenters. The summed E-state index contributed by atoms with van der Waals surface area (Å²) in [5.74, 6) is -0.582. The molecule has 2 rings (SSSR count). The fraction of sp³-hybridized carbons (Fsp3) is 0.400. The van der Waals surface area contributed by atoms with E-state index < -0.39 is 16.0 Å². The minimum atomic E-state index is -3.41. The van der Waals surface area contributed by atoms with Crippen molar-refractivity contribution in [3.63, 3.8) is 0 Å². The summed E-state index contributed by atoms with van der Waals surface area (Å²) in [6, 6.07) is 1.26. The van der Waals surface area contributed by atoms with Crippen LogP contribution in [-0.4, -0.2) is 31.7 Å². The zero-order chi connectivity index (χ0) is 13.3. The lowest BCUT2D eigenvalue weighted by atomic mass is 10.2. The van der Waals surface area contributed by atoms with Crippen LogP contribution in [0.25, 0.3) is 0 Å². The highest BCUT2D eigenvalue weighted by Crippen LogP contribution is 2.29. The third-order valence-corrected chi connectivity index (χ3v) is 4.61. The molecule has 0 amide bonds. The van der Waals surface area contributed by atoms with Crippen LogP contribution >= 0.6 is 11.6 Å². The second-order valence-electron chi connectivity index (χ2n) is 3.89. The van der Waals surface area contributed by atoms with E-state index in [4.69, 9.17) is 11.6 Å². The standard InChI is InChI=1S/C10H11ClN2O4S/c1-17-10(14)7-4-9(12-5-8(7)11)13-18(15,16)6-2-3-6/h4-6H,2-3H2,1H3,(H,12,13). The normalized spacial score (nSPS) is 15.2. The van der Waals surface area contributed by atoms with Crippen molar-refractivity contribution in [2.75, 3.05) is 11.8 Å². The molecule has 8 heteroatoms. The zero-order valence-electron chi connectivity index (χ0n) is 9.51. The minimum Gasteiger partial charge on any atom is -0.465 e. The Labute approximate surface area is 109 Å². The van der Waals surface area contributed by atoms with Crippen LogP contribution in [0.3, 0.4) is 0 Å². The number of nitrogens with zero attached hydrogens (tertiary/aromatic N) is 1. The summed E-state index contributed by atoms with van der Waals surface area (Å²) < 4.78 is 30.3. The Morgan fingerprint density at radius 2 is 2.22 bits per heavy atom. The fourth-order valence-corrected chi connectivity index (χ4v) is 2.88. The van der Waals surface area contributed by atoms with E-state index in [1.54, 1.807) is 0 Å². The number of nitrogens with one attached hydrogen (secondary N) is 1. The average Bonchev–Trinajstić information content (AvgIpc) is 3.14. The molecular weight excluding hydrogens is 280 g/mol. The number of rotatable bonds is 4. The molecule has 1 fully saturated rings. The van der Waals surface area contributed by atoms with Gasteiger partial charge in [-0.25, -0.2) is 18.2 Å². The van der Waals surface area contributed by atoms with Gasteiger partial charge in [-0.2, -0.15) is 0 Å². The molecule has 0 radical (unpaired) electrons. The number of esters is 1. The van der Waals surface area contributed by atoms with E-state index in [2.05, 4.69) is 14.4 Å². The van der Waals surface area contributed by atoms with Gasteiger partial charge in [-0.3, -0.25) is 4.72 Å². The second kappa shape index (κ2) is 4.74. The van der Waals surface area contributed by atoms with Crippen molar-refractivity contribution in [3.8, 4) is 0 Å². The van der Waals surface area contributed by atoms with Crippen LogP contribution in [0, 0.1) is 0 Å². The number of methoxy groups -OCH3 is 1. The quantitative estimate of drug-likeness (QED) is 0.848. The van der Waals surface area contributed by atoms with Crippen LogP contribution in [0.1, 0.15) is 23.2 Å². The Hall–Kier alpha value is -1.34. The lowest BCUT2D eigenvalue weighted by Crippen LogP contribution is -2.18. The number of carbonyl (C=O) groups excluding carboxylic acids is 1.